The molecule has 0 aliphatic carbocycles. The Kier molecular flexibility index (Phi) is 5.76. The second-order valence-corrected chi connectivity index (χ2v) is 4.71. The van der Waals surface area contributed by atoms with Crippen molar-refractivity contribution in [3.8, 4) is 11.5 Å². The van der Waals surface area contributed by atoms with Gasteiger partial charge in [0.25, 0.3) is 0 Å². The maximum absolute atomic E-state index is 12.3. The molecule has 1 fully saturated rings. The molecule has 0 radical (unpaired) electrons. The zero-order valence-corrected chi connectivity index (χ0v) is 12.1. The van der Waals surface area contributed by atoms with Crippen molar-refractivity contribution < 1.29 is 27.8 Å². The Morgan fingerprint density at radius 1 is 1.45 bits per heavy atom. The smallest absolute Gasteiger partial charge is 0.387 e. The molecule has 1 atom stereocenters. The molecule has 122 valence electrons. The van der Waals surface area contributed by atoms with Crippen molar-refractivity contribution in [2.45, 2.75) is 25.6 Å². The van der Waals surface area contributed by atoms with Crippen LogP contribution in [0.25, 0.3) is 0 Å². The first-order chi connectivity index (χ1) is 10.6. The monoisotopic (exact) mass is 316 g/mol. The van der Waals surface area contributed by atoms with Gasteiger partial charge in [0.15, 0.2) is 11.5 Å². The van der Waals surface area contributed by atoms with Gasteiger partial charge in [-0.2, -0.15) is 8.78 Å². The van der Waals surface area contributed by atoms with E-state index in [9.17, 15) is 13.6 Å². The van der Waals surface area contributed by atoms with Crippen LogP contribution in [0.1, 0.15) is 12.8 Å². The van der Waals surface area contributed by atoms with Crippen LogP contribution in [0.15, 0.2) is 18.2 Å². The summed E-state index contributed by atoms with van der Waals surface area (Å²) in [4.78, 5) is 11.8. The third-order valence-corrected chi connectivity index (χ3v) is 3.15. The van der Waals surface area contributed by atoms with E-state index in [1.54, 1.807) is 0 Å². The third kappa shape index (κ3) is 4.73. The summed E-state index contributed by atoms with van der Waals surface area (Å²) in [6.07, 6.45) is 1.93. The predicted molar refractivity (Wildman–Crippen MR) is 75.6 cm³/mol. The van der Waals surface area contributed by atoms with Gasteiger partial charge in [0.2, 0.25) is 0 Å². The molecule has 0 spiro atoms. The topological polar surface area (TPSA) is 68.8 Å². The maximum atomic E-state index is 12.3. The van der Waals surface area contributed by atoms with Gasteiger partial charge in [-0.05, 0) is 25.0 Å². The minimum absolute atomic E-state index is 0.0272. The first kappa shape index (κ1) is 16.3. The molecule has 2 rings (SSSR count). The van der Waals surface area contributed by atoms with Crippen LogP contribution in [0, 0.1) is 0 Å². The van der Waals surface area contributed by atoms with E-state index in [0.717, 1.165) is 12.8 Å². The molecule has 1 aromatic carbocycles. The average molecular weight is 316 g/mol. The number of carbonyl (C=O) groups is 1. The SMILES string of the molecule is COc1ccc(NC(=O)NCC2CCCO2)cc1OC(F)F. The van der Waals surface area contributed by atoms with E-state index >= 15 is 0 Å². The molecule has 1 aliphatic heterocycles. The molecule has 0 bridgehead atoms. The Balaban J connectivity index is 1.91. The van der Waals surface area contributed by atoms with Crippen LogP contribution in [0.3, 0.4) is 0 Å². The Hall–Kier alpha value is -2.09. The summed E-state index contributed by atoms with van der Waals surface area (Å²) in [5.41, 5.74) is 0.321. The lowest BCUT2D eigenvalue weighted by atomic mass is 10.2. The quantitative estimate of drug-likeness (QED) is 0.846. The number of carbonyl (C=O) groups excluding carboxylic acids is 1. The number of halogens is 2. The van der Waals surface area contributed by atoms with Crippen molar-refractivity contribution in [2.24, 2.45) is 0 Å². The Morgan fingerprint density at radius 2 is 2.27 bits per heavy atom. The Morgan fingerprint density at radius 3 is 2.91 bits per heavy atom. The molecule has 1 aliphatic rings. The summed E-state index contributed by atoms with van der Waals surface area (Å²) in [5.74, 6) is 0.0139. The lowest BCUT2D eigenvalue weighted by molar-refractivity contribution is -0.0511. The van der Waals surface area contributed by atoms with Crippen molar-refractivity contribution in [3.05, 3.63) is 18.2 Å². The van der Waals surface area contributed by atoms with E-state index in [4.69, 9.17) is 9.47 Å². The van der Waals surface area contributed by atoms with Gasteiger partial charge in [0, 0.05) is 24.9 Å². The standard InChI is InChI=1S/C14H18F2N2O4/c1-20-11-5-4-9(7-12(11)22-13(15)16)18-14(19)17-8-10-3-2-6-21-10/h4-5,7,10,13H,2-3,6,8H2,1H3,(H2,17,18,19). The van der Waals surface area contributed by atoms with Crippen LogP contribution in [-0.4, -0.2) is 39.0 Å². The first-order valence-electron chi connectivity index (χ1n) is 6.88. The minimum Gasteiger partial charge on any atom is -0.493 e. The molecule has 1 unspecified atom stereocenters. The molecule has 22 heavy (non-hydrogen) atoms. The molecule has 8 heteroatoms. The molecule has 2 amide bonds. The molecule has 0 saturated carbocycles. The van der Waals surface area contributed by atoms with Gasteiger partial charge in [0.1, 0.15) is 0 Å². The van der Waals surface area contributed by atoms with Crippen molar-refractivity contribution >= 4 is 11.7 Å². The van der Waals surface area contributed by atoms with E-state index in [0.29, 0.717) is 18.8 Å². The average Bonchev–Trinajstić information content (AvgIpc) is 2.98. The number of benzene rings is 1. The molecule has 1 saturated heterocycles. The number of rotatable bonds is 6. The fourth-order valence-electron chi connectivity index (χ4n) is 2.13. The summed E-state index contributed by atoms with van der Waals surface area (Å²) >= 11 is 0. The van der Waals surface area contributed by atoms with Gasteiger partial charge in [-0.1, -0.05) is 0 Å². The highest BCUT2D eigenvalue weighted by Crippen LogP contribution is 2.31. The molecule has 0 aromatic heterocycles. The molecule has 6 nitrogen and oxygen atoms in total. The van der Waals surface area contributed by atoms with Crippen LogP contribution < -0.4 is 20.1 Å². The zero-order chi connectivity index (χ0) is 15.9. The summed E-state index contributed by atoms with van der Waals surface area (Å²) in [6, 6.07) is 3.80. The number of nitrogens with one attached hydrogen (secondary N) is 2. The highest BCUT2D eigenvalue weighted by molar-refractivity contribution is 5.89. The van der Waals surface area contributed by atoms with Crippen molar-refractivity contribution in [1.29, 1.82) is 0 Å². The van der Waals surface area contributed by atoms with Crippen LogP contribution in [-0.2, 0) is 4.74 Å². The van der Waals surface area contributed by atoms with Crippen molar-refractivity contribution in [1.82, 2.24) is 5.32 Å². The maximum Gasteiger partial charge on any atom is 0.387 e. The van der Waals surface area contributed by atoms with Crippen molar-refractivity contribution in [2.75, 3.05) is 25.6 Å². The summed E-state index contributed by atoms with van der Waals surface area (Å²) in [6.45, 7) is -1.86. The van der Waals surface area contributed by atoms with Crippen LogP contribution >= 0.6 is 0 Å². The van der Waals surface area contributed by atoms with Gasteiger partial charge >= 0.3 is 12.6 Å². The second kappa shape index (κ2) is 7.79. The summed E-state index contributed by atoms with van der Waals surface area (Å²) in [7, 11) is 1.34. The Bertz CT molecular complexity index is 508. The lowest BCUT2D eigenvalue weighted by Gasteiger charge is -2.14. The number of anilines is 1. The number of alkyl halides is 2. The lowest BCUT2D eigenvalue weighted by Crippen LogP contribution is -2.35. The van der Waals surface area contributed by atoms with E-state index < -0.39 is 12.6 Å². The highest BCUT2D eigenvalue weighted by atomic mass is 19.3. The van der Waals surface area contributed by atoms with Gasteiger partial charge in [-0.15, -0.1) is 0 Å². The van der Waals surface area contributed by atoms with Gasteiger partial charge in [0.05, 0.1) is 13.2 Å². The highest BCUT2D eigenvalue weighted by Gasteiger charge is 2.16. The fraction of sp³-hybridized carbons (Fsp3) is 0.500. The largest absolute Gasteiger partial charge is 0.493 e. The van der Waals surface area contributed by atoms with Gasteiger partial charge in [-0.25, -0.2) is 4.79 Å². The minimum atomic E-state index is -2.97. The molecular formula is C14H18F2N2O4. The zero-order valence-electron chi connectivity index (χ0n) is 12.1. The predicted octanol–water partition coefficient (Wildman–Crippen LogP) is 2.60. The van der Waals surface area contributed by atoms with Crippen LogP contribution in [0.4, 0.5) is 19.3 Å². The fourth-order valence-corrected chi connectivity index (χ4v) is 2.13. The number of hydrogen-bond donors (Lipinski definition) is 2. The van der Waals surface area contributed by atoms with Gasteiger partial charge in [-0.3, -0.25) is 0 Å². The van der Waals surface area contributed by atoms with Crippen LogP contribution in [0.2, 0.25) is 0 Å². The summed E-state index contributed by atoms with van der Waals surface area (Å²) < 4.78 is 39.3. The second-order valence-electron chi connectivity index (χ2n) is 4.71. The number of methoxy groups -OCH3 is 1. The molecule has 1 heterocycles. The first-order valence-corrected chi connectivity index (χ1v) is 6.88. The van der Waals surface area contributed by atoms with Crippen molar-refractivity contribution in [3.63, 3.8) is 0 Å². The van der Waals surface area contributed by atoms with Crippen LogP contribution in [0.5, 0.6) is 11.5 Å². The molecular weight excluding hydrogens is 298 g/mol. The van der Waals surface area contributed by atoms with E-state index in [2.05, 4.69) is 15.4 Å². The number of amides is 2. The third-order valence-electron chi connectivity index (χ3n) is 3.15. The normalized spacial score (nSPS) is 17.4. The van der Waals surface area contributed by atoms with E-state index in [-0.39, 0.29) is 17.6 Å². The number of ether oxygens (including phenoxy) is 3. The molecule has 2 N–H and O–H groups in total. The molecule has 1 aromatic rings. The number of hydrogen-bond acceptors (Lipinski definition) is 4. The van der Waals surface area contributed by atoms with Gasteiger partial charge < -0.3 is 24.8 Å². The van der Waals surface area contributed by atoms with E-state index in [1.165, 1.54) is 25.3 Å². The summed E-state index contributed by atoms with van der Waals surface area (Å²) in [5, 5.41) is 5.21. The number of urea groups is 1. The Labute approximate surface area is 126 Å². The van der Waals surface area contributed by atoms with E-state index in [1.807, 2.05) is 0 Å².